The van der Waals surface area contributed by atoms with Crippen molar-refractivity contribution in [2.75, 3.05) is 13.6 Å². The summed E-state index contributed by atoms with van der Waals surface area (Å²) >= 11 is 3.29. The maximum atomic E-state index is 12.2. The fraction of sp³-hybridized carbons (Fsp3) is 0.455. The Balaban J connectivity index is 3.13. The SMILES string of the molecule is Cc1cc(Br)ccc1S(=O)(=O)N(C)C[C@H](C)O. The largest absolute Gasteiger partial charge is 0.392 e. The van der Waals surface area contributed by atoms with Crippen molar-refractivity contribution < 1.29 is 13.5 Å². The van der Waals surface area contributed by atoms with Gasteiger partial charge in [0.25, 0.3) is 0 Å². The molecule has 0 amide bonds. The van der Waals surface area contributed by atoms with Crippen LogP contribution in [0, 0.1) is 6.92 Å². The van der Waals surface area contributed by atoms with Crippen LogP contribution < -0.4 is 0 Å². The maximum Gasteiger partial charge on any atom is 0.243 e. The van der Waals surface area contributed by atoms with Crippen molar-refractivity contribution in [2.45, 2.75) is 24.8 Å². The summed E-state index contributed by atoms with van der Waals surface area (Å²) in [6, 6.07) is 5.01. The van der Waals surface area contributed by atoms with E-state index < -0.39 is 16.1 Å². The zero-order valence-electron chi connectivity index (χ0n) is 10.0. The van der Waals surface area contributed by atoms with E-state index in [0.717, 1.165) is 8.78 Å². The van der Waals surface area contributed by atoms with Crippen molar-refractivity contribution in [2.24, 2.45) is 0 Å². The predicted octanol–water partition coefficient (Wildman–Crippen LogP) is 1.76. The summed E-state index contributed by atoms with van der Waals surface area (Å²) in [5.41, 5.74) is 0.678. The van der Waals surface area contributed by atoms with Gasteiger partial charge in [0.05, 0.1) is 11.0 Å². The second kappa shape index (κ2) is 5.48. The van der Waals surface area contributed by atoms with Crippen LogP contribution in [0.4, 0.5) is 0 Å². The van der Waals surface area contributed by atoms with Gasteiger partial charge in [-0.1, -0.05) is 15.9 Å². The van der Waals surface area contributed by atoms with Gasteiger partial charge >= 0.3 is 0 Å². The molecule has 1 atom stereocenters. The van der Waals surface area contributed by atoms with Gasteiger partial charge in [-0.3, -0.25) is 0 Å². The lowest BCUT2D eigenvalue weighted by atomic mass is 10.2. The van der Waals surface area contributed by atoms with Crippen LogP contribution in [0.5, 0.6) is 0 Å². The first-order chi connectivity index (χ1) is 7.75. The lowest BCUT2D eigenvalue weighted by Gasteiger charge is -2.19. The predicted molar refractivity (Wildman–Crippen MR) is 70.4 cm³/mol. The number of hydrogen-bond acceptors (Lipinski definition) is 3. The monoisotopic (exact) mass is 321 g/mol. The first-order valence-electron chi connectivity index (χ1n) is 5.15. The number of halogens is 1. The molecule has 0 radical (unpaired) electrons. The summed E-state index contributed by atoms with van der Waals surface area (Å²) in [6.45, 7) is 3.38. The summed E-state index contributed by atoms with van der Waals surface area (Å²) < 4.78 is 26.4. The third-order valence-corrected chi connectivity index (χ3v) is 4.82. The van der Waals surface area contributed by atoms with Crippen LogP contribution in [-0.4, -0.2) is 37.5 Å². The Hall–Kier alpha value is -0.430. The van der Waals surface area contributed by atoms with E-state index in [0.29, 0.717) is 5.56 Å². The highest BCUT2D eigenvalue weighted by molar-refractivity contribution is 9.10. The van der Waals surface area contributed by atoms with Crippen molar-refractivity contribution in [1.82, 2.24) is 4.31 Å². The van der Waals surface area contributed by atoms with Gasteiger partial charge in [-0.2, -0.15) is 4.31 Å². The minimum atomic E-state index is -3.53. The summed E-state index contributed by atoms with van der Waals surface area (Å²) in [6.07, 6.45) is -0.689. The number of rotatable bonds is 4. The van der Waals surface area contributed by atoms with Crippen LogP contribution in [0.1, 0.15) is 12.5 Å². The van der Waals surface area contributed by atoms with Crippen LogP contribution in [0.2, 0.25) is 0 Å². The Morgan fingerprint density at radius 2 is 2.06 bits per heavy atom. The fourth-order valence-electron chi connectivity index (χ4n) is 1.54. The number of aliphatic hydroxyl groups excluding tert-OH is 1. The van der Waals surface area contributed by atoms with Gasteiger partial charge < -0.3 is 5.11 Å². The Labute approximate surface area is 110 Å². The molecule has 0 aromatic heterocycles. The van der Waals surface area contributed by atoms with Gasteiger partial charge in [-0.05, 0) is 37.6 Å². The molecule has 0 aliphatic carbocycles. The molecule has 96 valence electrons. The summed E-state index contributed by atoms with van der Waals surface area (Å²) in [4.78, 5) is 0.267. The molecule has 1 N–H and O–H groups in total. The highest BCUT2D eigenvalue weighted by Gasteiger charge is 2.23. The van der Waals surface area contributed by atoms with E-state index in [4.69, 9.17) is 0 Å². The van der Waals surface area contributed by atoms with Crippen molar-refractivity contribution in [3.8, 4) is 0 Å². The summed E-state index contributed by atoms with van der Waals surface area (Å²) in [7, 11) is -2.07. The molecule has 1 aromatic rings. The fourth-order valence-corrected chi connectivity index (χ4v) is 3.47. The van der Waals surface area contributed by atoms with Crippen molar-refractivity contribution in [1.29, 1.82) is 0 Å². The molecule has 0 spiro atoms. The topological polar surface area (TPSA) is 57.6 Å². The Bertz CT molecular complexity index is 499. The smallest absolute Gasteiger partial charge is 0.243 e. The molecule has 1 rings (SSSR count). The van der Waals surface area contributed by atoms with E-state index >= 15 is 0 Å². The Morgan fingerprint density at radius 3 is 2.53 bits per heavy atom. The van der Waals surface area contributed by atoms with Crippen LogP contribution in [0.25, 0.3) is 0 Å². The zero-order valence-corrected chi connectivity index (χ0v) is 12.4. The molecular formula is C11H16BrNO3S. The average molecular weight is 322 g/mol. The van der Waals surface area contributed by atoms with Crippen molar-refractivity contribution >= 4 is 26.0 Å². The normalized spacial score (nSPS) is 14.0. The van der Waals surface area contributed by atoms with Gasteiger partial charge in [0.2, 0.25) is 10.0 Å². The number of hydrogen-bond donors (Lipinski definition) is 1. The quantitative estimate of drug-likeness (QED) is 0.919. The van der Waals surface area contributed by atoms with Gasteiger partial charge in [0.15, 0.2) is 0 Å². The molecule has 0 aliphatic rings. The van der Waals surface area contributed by atoms with Crippen molar-refractivity contribution in [3.05, 3.63) is 28.2 Å². The van der Waals surface area contributed by atoms with E-state index in [1.54, 1.807) is 32.0 Å². The van der Waals surface area contributed by atoms with E-state index in [1.807, 2.05) is 0 Å². The number of aliphatic hydroxyl groups is 1. The maximum absolute atomic E-state index is 12.2. The molecule has 0 aliphatic heterocycles. The van der Waals surface area contributed by atoms with E-state index in [9.17, 15) is 13.5 Å². The molecule has 1 aromatic carbocycles. The summed E-state index contributed by atoms with van der Waals surface area (Å²) in [5, 5.41) is 9.23. The number of sulfonamides is 1. The second-order valence-electron chi connectivity index (χ2n) is 4.04. The van der Waals surface area contributed by atoms with E-state index in [2.05, 4.69) is 15.9 Å². The molecule has 0 saturated carbocycles. The molecule has 0 heterocycles. The minimum Gasteiger partial charge on any atom is -0.392 e. The lowest BCUT2D eigenvalue weighted by molar-refractivity contribution is 0.171. The van der Waals surface area contributed by atoms with E-state index in [-0.39, 0.29) is 11.4 Å². The molecule has 0 bridgehead atoms. The lowest BCUT2D eigenvalue weighted by Crippen LogP contribution is -2.33. The van der Waals surface area contributed by atoms with Gasteiger partial charge in [0.1, 0.15) is 0 Å². The molecule has 0 unspecified atom stereocenters. The highest BCUT2D eigenvalue weighted by Crippen LogP contribution is 2.22. The number of aryl methyl sites for hydroxylation is 1. The Morgan fingerprint density at radius 1 is 1.47 bits per heavy atom. The second-order valence-corrected chi connectivity index (χ2v) is 6.97. The highest BCUT2D eigenvalue weighted by atomic mass is 79.9. The third-order valence-electron chi connectivity index (χ3n) is 2.35. The Kier molecular flexibility index (Phi) is 4.71. The van der Waals surface area contributed by atoms with Crippen LogP contribution in [0.15, 0.2) is 27.6 Å². The van der Waals surface area contributed by atoms with Gasteiger partial charge in [-0.15, -0.1) is 0 Å². The molecule has 4 nitrogen and oxygen atoms in total. The van der Waals surface area contributed by atoms with Crippen LogP contribution in [-0.2, 0) is 10.0 Å². The molecular weight excluding hydrogens is 306 g/mol. The van der Waals surface area contributed by atoms with Gasteiger partial charge in [-0.25, -0.2) is 8.42 Å². The first-order valence-corrected chi connectivity index (χ1v) is 7.39. The number of benzene rings is 1. The summed E-state index contributed by atoms with van der Waals surface area (Å²) in [5.74, 6) is 0. The van der Waals surface area contributed by atoms with Crippen LogP contribution >= 0.6 is 15.9 Å². The zero-order chi connectivity index (χ0) is 13.2. The molecule has 0 fully saturated rings. The third kappa shape index (κ3) is 3.51. The van der Waals surface area contributed by atoms with Gasteiger partial charge in [0, 0.05) is 18.1 Å². The first kappa shape index (κ1) is 14.6. The molecule has 6 heteroatoms. The molecule has 17 heavy (non-hydrogen) atoms. The van der Waals surface area contributed by atoms with Crippen molar-refractivity contribution in [3.63, 3.8) is 0 Å². The minimum absolute atomic E-state index is 0.0812. The molecule has 0 saturated heterocycles. The number of nitrogens with zero attached hydrogens (tertiary/aromatic N) is 1. The van der Waals surface area contributed by atoms with E-state index in [1.165, 1.54) is 7.05 Å². The average Bonchev–Trinajstić information content (AvgIpc) is 2.15. The number of likely N-dealkylation sites (N-methyl/N-ethyl adjacent to an activating group) is 1. The standard InChI is InChI=1S/C11H16BrNO3S/c1-8-6-10(12)4-5-11(8)17(15,16)13(3)7-9(2)14/h4-6,9,14H,7H2,1-3H3/t9-/m0/s1. The van der Waals surface area contributed by atoms with Crippen LogP contribution in [0.3, 0.4) is 0 Å².